The number of aromatic carboxylic acids is 1. The number of amides is 2. The number of carboxylic acids is 1. The second kappa shape index (κ2) is 9.14. The summed E-state index contributed by atoms with van der Waals surface area (Å²) >= 11 is 0. The number of para-hydroxylation sites is 1. The summed E-state index contributed by atoms with van der Waals surface area (Å²) in [4.78, 5) is 34.8. The molecule has 0 unspecified atom stereocenters. The number of hydrogen-bond acceptors (Lipinski definition) is 6. The SMILES string of the molecule is CCOc1ccc(/C=N\NC(=O)C(=O)Nc2ccccc2C)cc1C(=O)[O-]. The number of ether oxygens (including phenoxy) is 1. The van der Waals surface area contributed by atoms with Gasteiger partial charge in [0.05, 0.1) is 18.8 Å². The summed E-state index contributed by atoms with van der Waals surface area (Å²) in [6.45, 7) is 3.83. The molecule has 0 spiro atoms. The highest BCUT2D eigenvalue weighted by Gasteiger charge is 2.13. The van der Waals surface area contributed by atoms with Gasteiger partial charge in [-0.3, -0.25) is 9.59 Å². The molecule has 0 aliphatic heterocycles. The molecular weight excluding hydrogens is 350 g/mol. The molecule has 8 nitrogen and oxygen atoms in total. The zero-order valence-electron chi connectivity index (χ0n) is 14.8. The van der Waals surface area contributed by atoms with Crippen LogP contribution in [0, 0.1) is 6.92 Å². The van der Waals surface area contributed by atoms with Crippen LogP contribution in [0.4, 0.5) is 5.69 Å². The van der Waals surface area contributed by atoms with E-state index in [1.165, 1.54) is 18.3 Å². The summed E-state index contributed by atoms with van der Waals surface area (Å²) in [7, 11) is 0. The number of anilines is 1. The number of nitrogens with zero attached hydrogens (tertiary/aromatic N) is 1. The topological polar surface area (TPSA) is 120 Å². The second-order valence-electron chi connectivity index (χ2n) is 5.44. The van der Waals surface area contributed by atoms with Gasteiger partial charge in [-0.2, -0.15) is 5.10 Å². The first-order chi connectivity index (χ1) is 12.9. The van der Waals surface area contributed by atoms with Crippen LogP contribution in [0.3, 0.4) is 0 Å². The first-order valence-electron chi connectivity index (χ1n) is 8.10. The number of benzene rings is 2. The van der Waals surface area contributed by atoms with E-state index in [4.69, 9.17) is 4.74 Å². The van der Waals surface area contributed by atoms with Crippen molar-refractivity contribution in [3.05, 3.63) is 59.2 Å². The standard InChI is InChI=1S/C19H19N3O5/c1-3-27-16-9-8-13(10-14(16)19(25)26)11-20-22-18(24)17(23)21-15-7-5-4-6-12(15)2/h4-11H,3H2,1-2H3,(H,21,23)(H,22,24)(H,25,26)/p-1/b20-11-. The Labute approximate surface area is 155 Å². The van der Waals surface area contributed by atoms with Crippen LogP contribution in [-0.4, -0.2) is 30.6 Å². The van der Waals surface area contributed by atoms with Crippen molar-refractivity contribution < 1.29 is 24.2 Å². The number of hydrazone groups is 1. The molecular formula is C19H18N3O5-. The predicted molar refractivity (Wildman–Crippen MR) is 97.5 cm³/mol. The van der Waals surface area contributed by atoms with Gasteiger partial charge in [0, 0.05) is 11.3 Å². The van der Waals surface area contributed by atoms with Crippen molar-refractivity contribution in [2.24, 2.45) is 5.10 Å². The molecule has 0 fully saturated rings. The molecule has 2 aromatic carbocycles. The number of carboxylic acid groups (broad SMARTS) is 1. The van der Waals surface area contributed by atoms with Gasteiger partial charge in [-0.1, -0.05) is 18.2 Å². The summed E-state index contributed by atoms with van der Waals surface area (Å²) < 4.78 is 5.21. The van der Waals surface area contributed by atoms with Crippen molar-refractivity contribution >= 4 is 29.7 Å². The molecule has 0 radical (unpaired) electrons. The van der Waals surface area contributed by atoms with Crippen LogP contribution >= 0.6 is 0 Å². The number of carbonyl (C=O) groups excluding carboxylic acids is 3. The highest BCUT2D eigenvalue weighted by molar-refractivity contribution is 6.39. The Bertz CT molecular complexity index is 893. The lowest BCUT2D eigenvalue weighted by Gasteiger charge is -2.11. The van der Waals surface area contributed by atoms with Gasteiger partial charge >= 0.3 is 11.8 Å². The molecule has 0 aliphatic carbocycles. The average molecular weight is 368 g/mol. The van der Waals surface area contributed by atoms with Gasteiger partial charge < -0.3 is 20.0 Å². The lowest BCUT2D eigenvalue weighted by Crippen LogP contribution is -2.32. The van der Waals surface area contributed by atoms with Gasteiger partial charge in [0.15, 0.2) is 0 Å². The Hall–Kier alpha value is -3.68. The highest BCUT2D eigenvalue weighted by Crippen LogP contribution is 2.19. The van der Waals surface area contributed by atoms with Crippen LogP contribution in [0.5, 0.6) is 5.75 Å². The Balaban J connectivity index is 2.01. The zero-order chi connectivity index (χ0) is 19.8. The lowest BCUT2D eigenvalue weighted by atomic mass is 10.1. The van der Waals surface area contributed by atoms with Gasteiger partial charge in [0.2, 0.25) is 0 Å². The smallest absolute Gasteiger partial charge is 0.329 e. The fourth-order valence-corrected chi connectivity index (χ4v) is 2.18. The lowest BCUT2D eigenvalue weighted by molar-refractivity contribution is -0.255. The van der Waals surface area contributed by atoms with E-state index in [-0.39, 0.29) is 11.3 Å². The average Bonchev–Trinajstić information content (AvgIpc) is 2.64. The monoisotopic (exact) mass is 368 g/mol. The number of rotatable bonds is 6. The summed E-state index contributed by atoms with van der Waals surface area (Å²) in [5.74, 6) is -3.05. The van der Waals surface area contributed by atoms with Crippen molar-refractivity contribution in [1.29, 1.82) is 0 Å². The molecule has 0 heterocycles. The Morgan fingerprint density at radius 2 is 1.89 bits per heavy atom. The highest BCUT2D eigenvalue weighted by atomic mass is 16.5. The van der Waals surface area contributed by atoms with Crippen molar-refractivity contribution in [3.63, 3.8) is 0 Å². The van der Waals surface area contributed by atoms with Crippen LogP contribution in [0.2, 0.25) is 0 Å². The molecule has 0 aromatic heterocycles. The Morgan fingerprint density at radius 3 is 2.56 bits per heavy atom. The molecule has 8 heteroatoms. The quantitative estimate of drug-likeness (QED) is 0.445. The maximum Gasteiger partial charge on any atom is 0.329 e. The van der Waals surface area contributed by atoms with Gasteiger partial charge in [-0.15, -0.1) is 0 Å². The molecule has 2 aromatic rings. The fourth-order valence-electron chi connectivity index (χ4n) is 2.18. The molecule has 0 saturated carbocycles. The Kier molecular flexibility index (Phi) is 6.65. The van der Waals surface area contributed by atoms with E-state index < -0.39 is 17.8 Å². The molecule has 0 atom stereocenters. The molecule has 2 amide bonds. The van der Waals surface area contributed by atoms with E-state index in [2.05, 4.69) is 15.8 Å². The van der Waals surface area contributed by atoms with E-state index in [9.17, 15) is 19.5 Å². The van der Waals surface area contributed by atoms with Crippen molar-refractivity contribution in [3.8, 4) is 5.75 Å². The third kappa shape index (κ3) is 5.40. The van der Waals surface area contributed by atoms with E-state index in [1.54, 1.807) is 38.1 Å². The fraction of sp³-hybridized carbons (Fsp3) is 0.158. The van der Waals surface area contributed by atoms with Crippen LogP contribution in [0.25, 0.3) is 0 Å². The molecule has 0 saturated heterocycles. The zero-order valence-corrected chi connectivity index (χ0v) is 14.8. The van der Waals surface area contributed by atoms with Crippen LogP contribution in [0.15, 0.2) is 47.6 Å². The van der Waals surface area contributed by atoms with Crippen LogP contribution < -0.4 is 20.6 Å². The van der Waals surface area contributed by atoms with Gasteiger partial charge in [-0.05, 0) is 49.2 Å². The van der Waals surface area contributed by atoms with Crippen LogP contribution in [-0.2, 0) is 9.59 Å². The molecule has 0 bridgehead atoms. The number of nitrogens with one attached hydrogen (secondary N) is 2. The predicted octanol–water partition coefficient (Wildman–Crippen LogP) is 0.846. The maximum absolute atomic E-state index is 11.9. The van der Waals surface area contributed by atoms with Crippen molar-refractivity contribution in [1.82, 2.24) is 5.43 Å². The minimum atomic E-state index is -1.39. The minimum Gasteiger partial charge on any atom is -0.545 e. The Morgan fingerprint density at radius 1 is 1.15 bits per heavy atom. The molecule has 2 rings (SSSR count). The maximum atomic E-state index is 11.9. The van der Waals surface area contributed by atoms with E-state index in [1.807, 2.05) is 6.07 Å². The first-order valence-corrected chi connectivity index (χ1v) is 8.10. The first kappa shape index (κ1) is 19.6. The summed E-state index contributed by atoms with van der Waals surface area (Å²) in [6.07, 6.45) is 1.21. The van der Waals surface area contributed by atoms with E-state index in [0.717, 1.165) is 5.56 Å². The summed E-state index contributed by atoms with van der Waals surface area (Å²) in [5.41, 5.74) is 3.67. The number of hydrogen-bond donors (Lipinski definition) is 2. The molecule has 140 valence electrons. The largest absolute Gasteiger partial charge is 0.545 e. The second-order valence-corrected chi connectivity index (χ2v) is 5.44. The van der Waals surface area contributed by atoms with E-state index >= 15 is 0 Å². The summed E-state index contributed by atoms with van der Waals surface area (Å²) in [6, 6.07) is 11.3. The van der Waals surface area contributed by atoms with Gasteiger partial charge in [0.25, 0.3) is 0 Å². The molecule has 0 aliphatic rings. The molecule has 27 heavy (non-hydrogen) atoms. The van der Waals surface area contributed by atoms with Crippen molar-refractivity contribution in [2.75, 3.05) is 11.9 Å². The van der Waals surface area contributed by atoms with Crippen LogP contribution in [0.1, 0.15) is 28.4 Å². The summed E-state index contributed by atoms with van der Waals surface area (Å²) in [5, 5.41) is 17.3. The molecule has 2 N–H and O–H groups in total. The number of carbonyl (C=O) groups is 3. The third-order valence-corrected chi connectivity index (χ3v) is 3.50. The minimum absolute atomic E-state index is 0.135. The van der Waals surface area contributed by atoms with Gasteiger partial charge in [0.1, 0.15) is 5.75 Å². The van der Waals surface area contributed by atoms with Gasteiger partial charge in [-0.25, -0.2) is 5.43 Å². The number of aryl methyl sites for hydroxylation is 1. The van der Waals surface area contributed by atoms with Crippen molar-refractivity contribution in [2.45, 2.75) is 13.8 Å². The third-order valence-electron chi connectivity index (χ3n) is 3.50. The van der Waals surface area contributed by atoms with E-state index in [0.29, 0.717) is 17.9 Å². The normalized spacial score (nSPS) is 10.4.